The van der Waals surface area contributed by atoms with Gasteiger partial charge in [0.1, 0.15) is 4.88 Å². The first kappa shape index (κ1) is 18.4. The van der Waals surface area contributed by atoms with Crippen LogP contribution in [-0.4, -0.2) is 59.4 Å². The summed E-state index contributed by atoms with van der Waals surface area (Å²) in [5.74, 6) is -1.01. The summed E-state index contributed by atoms with van der Waals surface area (Å²) in [5, 5.41) is 8.94. The molecule has 7 heteroatoms. The molecular formula is C17H24N2O4S. The Morgan fingerprint density at radius 2 is 1.88 bits per heavy atom. The number of carbonyl (C=O) groups excluding carboxylic acids is 2. The number of hydrogen-bond acceptors (Lipinski definition) is 4. The van der Waals surface area contributed by atoms with Gasteiger partial charge in [-0.3, -0.25) is 9.59 Å². The number of carboxylic acid groups (broad SMARTS) is 1. The van der Waals surface area contributed by atoms with Crippen LogP contribution in [0.1, 0.15) is 52.0 Å². The summed E-state index contributed by atoms with van der Waals surface area (Å²) in [6, 6.07) is 3.02. The minimum atomic E-state index is -1.02. The van der Waals surface area contributed by atoms with E-state index in [2.05, 4.69) is 6.92 Å². The fourth-order valence-electron chi connectivity index (χ4n) is 2.87. The molecular weight excluding hydrogens is 328 g/mol. The van der Waals surface area contributed by atoms with Crippen molar-refractivity contribution in [2.75, 3.05) is 26.7 Å². The van der Waals surface area contributed by atoms with E-state index in [-0.39, 0.29) is 22.6 Å². The third kappa shape index (κ3) is 4.35. The smallest absolute Gasteiger partial charge is 0.345 e. The van der Waals surface area contributed by atoms with Crippen LogP contribution in [0.5, 0.6) is 0 Å². The van der Waals surface area contributed by atoms with Gasteiger partial charge < -0.3 is 14.9 Å². The highest BCUT2D eigenvalue weighted by Gasteiger charge is 2.30. The van der Waals surface area contributed by atoms with Crippen molar-refractivity contribution in [1.82, 2.24) is 9.80 Å². The molecule has 0 bridgehead atoms. The molecule has 0 aromatic carbocycles. The number of carboxylic acids is 1. The van der Waals surface area contributed by atoms with Crippen LogP contribution in [0.15, 0.2) is 12.1 Å². The van der Waals surface area contributed by atoms with Crippen LogP contribution in [0.2, 0.25) is 0 Å². The van der Waals surface area contributed by atoms with E-state index in [0.29, 0.717) is 30.8 Å². The molecule has 2 heterocycles. The molecule has 0 saturated carbocycles. The maximum absolute atomic E-state index is 12.4. The van der Waals surface area contributed by atoms with Crippen LogP contribution in [-0.2, 0) is 4.79 Å². The lowest BCUT2D eigenvalue weighted by atomic mass is 9.95. The van der Waals surface area contributed by atoms with E-state index in [4.69, 9.17) is 5.11 Å². The lowest BCUT2D eigenvalue weighted by molar-refractivity contribution is -0.135. The molecule has 1 aliphatic heterocycles. The van der Waals surface area contributed by atoms with Crippen LogP contribution in [0.4, 0.5) is 0 Å². The first-order chi connectivity index (χ1) is 11.4. The molecule has 1 aromatic rings. The molecule has 1 fully saturated rings. The third-order valence-electron chi connectivity index (χ3n) is 4.38. The topological polar surface area (TPSA) is 77.9 Å². The van der Waals surface area contributed by atoms with E-state index in [9.17, 15) is 14.4 Å². The Hall–Kier alpha value is -1.89. The molecule has 0 aliphatic carbocycles. The van der Waals surface area contributed by atoms with Crippen molar-refractivity contribution in [2.24, 2.45) is 5.92 Å². The van der Waals surface area contributed by atoms with Crippen LogP contribution < -0.4 is 0 Å². The summed E-state index contributed by atoms with van der Waals surface area (Å²) in [6.45, 7) is 3.96. The van der Waals surface area contributed by atoms with Crippen molar-refractivity contribution in [1.29, 1.82) is 0 Å². The number of unbranched alkanes of at least 4 members (excludes halogenated alkanes) is 1. The van der Waals surface area contributed by atoms with Crippen LogP contribution in [0, 0.1) is 5.92 Å². The van der Waals surface area contributed by atoms with E-state index in [1.54, 1.807) is 15.9 Å². The van der Waals surface area contributed by atoms with Crippen molar-refractivity contribution >= 4 is 29.1 Å². The quantitative estimate of drug-likeness (QED) is 0.853. The van der Waals surface area contributed by atoms with Gasteiger partial charge >= 0.3 is 5.97 Å². The first-order valence-corrected chi connectivity index (χ1v) is 9.13. The molecule has 2 rings (SSSR count). The molecule has 1 aromatic heterocycles. The molecule has 2 amide bonds. The van der Waals surface area contributed by atoms with Gasteiger partial charge in [0, 0.05) is 32.6 Å². The molecule has 132 valence electrons. The van der Waals surface area contributed by atoms with Gasteiger partial charge in [-0.15, -0.1) is 11.3 Å². The van der Waals surface area contributed by atoms with E-state index in [1.807, 2.05) is 7.05 Å². The van der Waals surface area contributed by atoms with Gasteiger partial charge in [-0.05, 0) is 31.4 Å². The Morgan fingerprint density at radius 3 is 2.42 bits per heavy atom. The molecule has 0 atom stereocenters. The molecule has 24 heavy (non-hydrogen) atoms. The lowest BCUT2D eigenvalue weighted by Crippen LogP contribution is -2.43. The standard InChI is InChI=1S/C17H24N2O4S/c1-3-4-9-18(2)15(20)12-7-10-19(11-8-12)16(21)13-5-6-14(24-13)17(22)23/h5-6,12H,3-4,7-11H2,1-2H3,(H,22,23). The monoisotopic (exact) mass is 352 g/mol. The second-order valence-corrected chi connectivity index (χ2v) is 7.23. The Morgan fingerprint density at radius 1 is 1.25 bits per heavy atom. The predicted octanol–water partition coefficient (Wildman–Crippen LogP) is 2.56. The number of hydrogen-bond donors (Lipinski definition) is 1. The lowest BCUT2D eigenvalue weighted by Gasteiger charge is -2.33. The Balaban J connectivity index is 1.88. The highest BCUT2D eigenvalue weighted by Crippen LogP contribution is 2.24. The summed E-state index contributed by atoms with van der Waals surface area (Å²) < 4.78 is 0. The minimum absolute atomic E-state index is 0.0196. The summed E-state index contributed by atoms with van der Waals surface area (Å²) in [7, 11) is 1.84. The van der Waals surface area contributed by atoms with E-state index in [1.165, 1.54) is 6.07 Å². The normalized spacial score (nSPS) is 15.3. The summed E-state index contributed by atoms with van der Waals surface area (Å²) in [5.41, 5.74) is 0. The summed E-state index contributed by atoms with van der Waals surface area (Å²) in [6.07, 6.45) is 3.39. The SMILES string of the molecule is CCCCN(C)C(=O)C1CCN(C(=O)c2ccc(C(=O)O)s2)CC1. The van der Waals surface area contributed by atoms with Crippen molar-refractivity contribution in [3.63, 3.8) is 0 Å². The Bertz CT molecular complexity index is 605. The molecule has 1 saturated heterocycles. The van der Waals surface area contributed by atoms with Gasteiger partial charge in [-0.1, -0.05) is 13.3 Å². The van der Waals surface area contributed by atoms with Crippen molar-refractivity contribution in [2.45, 2.75) is 32.6 Å². The molecule has 0 unspecified atom stereocenters. The number of likely N-dealkylation sites (tertiary alicyclic amines) is 1. The minimum Gasteiger partial charge on any atom is -0.477 e. The second kappa shape index (κ2) is 8.28. The Labute approximate surface area is 146 Å². The molecule has 0 radical (unpaired) electrons. The van der Waals surface area contributed by atoms with Crippen molar-refractivity contribution in [3.8, 4) is 0 Å². The summed E-state index contributed by atoms with van der Waals surface area (Å²) >= 11 is 0.998. The maximum atomic E-state index is 12.4. The van der Waals surface area contributed by atoms with E-state index in [0.717, 1.165) is 30.7 Å². The second-order valence-electron chi connectivity index (χ2n) is 6.15. The van der Waals surface area contributed by atoms with Crippen molar-refractivity contribution < 1.29 is 19.5 Å². The van der Waals surface area contributed by atoms with Gasteiger partial charge in [-0.2, -0.15) is 0 Å². The summed E-state index contributed by atoms with van der Waals surface area (Å²) in [4.78, 5) is 39.9. The van der Waals surface area contributed by atoms with Crippen LogP contribution >= 0.6 is 11.3 Å². The van der Waals surface area contributed by atoms with Crippen molar-refractivity contribution in [3.05, 3.63) is 21.9 Å². The number of piperidine rings is 1. The number of thiophene rings is 1. The average molecular weight is 352 g/mol. The molecule has 6 nitrogen and oxygen atoms in total. The highest BCUT2D eigenvalue weighted by atomic mass is 32.1. The molecule has 1 aliphatic rings. The zero-order valence-corrected chi connectivity index (χ0v) is 15.0. The largest absolute Gasteiger partial charge is 0.477 e. The average Bonchev–Trinajstić information content (AvgIpc) is 3.09. The fraction of sp³-hybridized carbons (Fsp3) is 0.588. The number of carbonyl (C=O) groups is 3. The predicted molar refractivity (Wildman–Crippen MR) is 92.5 cm³/mol. The molecule has 1 N–H and O–H groups in total. The van der Waals surface area contributed by atoms with Gasteiger partial charge in [0.25, 0.3) is 5.91 Å². The van der Waals surface area contributed by atoms with Crippen LogP contribution in [0.3, 0.4) is 0 Å². The van der Waals surface area contributed by atoms with Crippen LogP contribution in [0.25, 0.3) is 0 Å². The zero-order valence-electron chi connectivity index (χ0n) is 14.2. The number of amides is 2. The third-order valence-corrected chi connectivity index (χ3v) is 5.44. The van der Waals surface area contributed by atoms with Gasteiger partial charge in [0.15, 0.2) is 0 Å². The zero-order chi connectivity index (χ0) is 17.7. The first-order valence-electron chi connectivity index (χ1n) is 8.31. The Kier molecular flexibility index (Phi) is 6.36. The maximum Gasteiger partial charge on any atom is 0.345 e. The fourth-order valence-corrected chi connectivity index (χ4v) is 3.68. The van der Waals surface area contributed by atoms with E-state index >= 15 is 0 Å². The van der Waals surface area contributed by atoms with E-state index < -0.39 is 5.97 Å². The number of nitrogens with zero attached hydrogens (tertiary/aromatic N) is 2. The van der Waals surface area contributed by atoms with Gasteiger partial charge in [-0.25, -0.2) is 4.79 Å². The number of rotatable bonds is 6. The molecule has 0 spiro atoms. The van der Waals surface area contributed by atoms with Gasteiger partial charge in [0.05, 0.1) is 4.88 Å². The van der Waals surface area contributed by atoms with Gasteiger partial charge in [0.2, 0.25) is 5.91 Å². The highest BCUT2D eigenvalue weighted by molar-refractivity contribution is 7.15. The number of aromatic carboxylic acids is 1.